The quantitative estimate of drug-likeness (QED) is 0.648. The maximum absolute atomic E-state index is 12.2. The molecule has 4 nitrogen and oxygen atoms in total. The lowest BCUT2D eigenvalue weighted by Crippen LogP contribution is -2.03. The molecule has 0 radical (unpaired) electrons. The van der Waals surface area contributed by atoms with Gasteiger partial charge in [0.05, 0.1) is 7.11 Å². The van der Waals surface area contributed by atoms with Gasteiger partial charge < -0.3 is 14.6 Å². The second kappa shape index (κ2) is 7.40. The molecule has 0 unspecified atom stereocenters. The number of benzene rings is 2. The number of phenols is 1. The number of carbonyl (C=O) groups excluding carboxylic acids is 1. The Morgan fingerprint density at radius 3 is 2.65 bits per heavy atom. The fourth-order valence-electron chi connectivity index (χ4n) is 1.93. The van der Waals surface area contributed by atoms with Gasteiger partial charge in [0.15, 0.2) is 17.3 Å². The van der Waals surface area contributed by atoms with E-state index >= 15 is 0 Å². The Kier molecular flexibility index (Phi) is 5.30. The predicted octanol–water partition coefficient (Wildman–Crippen LogP) is 3.90. The minimum atomic E-state index is -2.95. The van der Waals surface area contributed by atoms with Gasteiger partial charge in [0.25, 0.3) is 0 Å². The first-order chi connectivity index (χ1) is 11.0. The van der Waals surface area contributed by atoms with Crippen LogP contribution in [0.2, 0.25) is 0 Å². The summed E-state index contributed by atoms with van der Waals surface area (Å²) >= 11 is 0. The second-order valence-electron chi connectivity index (χ2n) is 4.50. The summed E-state index contributed by atoms with van der Waals surface area (Å²) in [7, 11) is 1.42. The number of phenolic OH excluding ortho intramolecular Hbond substituents is 1. The van der Waals surface area contributed by atoms with Crippen LogP contribution in [0.4, 0.5) is 8.78 Å². The maximum Gasteiger partial charge on any atom is 0.387 e. The molecule has 0 aliphatic heterocycles. The van der Waals surface area contributed by atoms with Crippen LogP contribution in [0.5, 0.6) is 17.2 Å². The van der Waals surface area contributed by atoms with Crippen LogP contribution in [0.25, 0.3) is 6.08 Å². The molecule has 2 aromatic rings. The number of hydrogen-bond acceptors (Lipinski definition) is 4. The molecule has 120 valence electrons. The molecule has 23 heavy (non-hydrogen) atoms. The van der Waals surface area contributed by atoms with E-state index < -0.39 is 12.4 Å². The van der Waals surface area contributed by atoms with Crippen LogP contribution in [-0.4, -0.2) is 24.6 Å². The van der Waals surface area contributed by atoms with Crippen LogP contribution < -0.4 is 9.47 Å². The molecule has 0 aliphatic carbocycles. The van der Waals surface area contributed by atoms with E-state index in [1.165, 1.54) is 43.5 Å². The number of hydrogen-bond donors (Lipinski definition) is 1. The van der Waals surface area contributed by atoms with Crippen LogP contribution in [-0.2, 0) is 0 Å². The standard InChI is InChI=1S/C17H14F2O4/c1-22-15-7-3-4-11(16(15)21)8-9-14(20)12-5-2-6-13(10-12)23-17(18)19/h2-10,17,21H,1H3. The first kappa shape index (κ1) is 16.5. The lowest BCUT2D eigenvalue weighted by Gasteiger charge is -2.06. The molecule has 0 atom stereocenters. The highest BCUT2D eigenvalue weighted by atomic mass is 19.3. The van der Waals surface area contributed by atoms with E-state index in [-0.39, 0.29) is 22.8 Å². The predicted molar refractivity (Wildman–Crippen MR) is 81.1 cm³/mol. The monoisotopic (exact) mass is 320 g/mol. The van der Waals surface area contributed by atoms with Gasteiger partial charge in [0.1, 0.15) is 5.75 Å². The first-order valence-corrected chi connectivity index (χ1v) is 6.64. The van der Waals surface area contributed by atoms with Crippen molar-refractivity contribution in [2.75, 3.05) is 7.11 Å². The van der Waals surface area contributed by atoms with Gasteiger partial charge in [-0.1, -0.05) is 24.3 Å². The van der Waals surface area contributed by atoms with Crippen LogP contribution >= 0.6 is 0 Å². The van der Waals surface area contributed by atoms with Gasteiger partial charge in [0, 0.05) is 11.1 Å². The van der Waals surface area contributed by atoms with Crippen LogP contribution in [0, 0.1) is 0 Å². The topological polar surface area (TPSA) is 55.8 Å². The van der Waals surface area contributed by atoms with Crippen molar-refractivity contribution in [1.82, 2.24) is 0 Å². The summed E-state index contributed by atoms with van der Waals surface area (Å²) < 4.78 is 33.6. The number of halogens is 2. The van der Waals surface area contributed by atoms with Gasteiger partial charge in [-0.25, -0.2) is 0 Å². The van der Waals surface area contributed by atoms with E-state index in [2.05, 4.69) is 4.74 Å². The van der Waals surface area contributed by atoms with E-state index in [1.807, 2.05) is 0 Å². The lowest BCUT2D eigenvalue weighted by atomic mass is 10.1. The summed E-state index contributed by atoms with van der Waals surface area (Å²) in [5.74, 6) is -0.309. The Bertz CT molecular complexity index is 726. The van der Waals surface area contributed by atoms with Crippen molar-refractivity contribution >= 4 is 11.9 Å². The average molecular weight is 320 g/mol. The van der Waals surface area contributed by atoms with Crippen LogP contribution in [0.1, 0.15) is 15.9 Å². The number of rotatable bonds is 6. The minimum absolute atomic E-state index is 0.0890. The summed E-state index contributed by atoms with van der Waals surface area (Å²) in [5.41, 5.74) is 0.597. The molecular weight excluding hydrogens is 306 g/mol. The van der Waals surface area contributed by atoms with Gasteiger partial charge in [-0.3, -0.25) is 4.79 Å². The van der Waals surface area contributed by atoms with Gasteiger partial charge >= 0.3 is 6.61 Å². The number of allylic oxidation sites excluding steroid dienone is 1. The smallest absolute Gasteiger partial charge is 0.387 e. The number of ether oxygens (including phenoxy) is 2. The second-order valence-corrected chi connectivity index (χ2v) is 4.50. The third kappa shape index (κ3) is 4.29. The van der Waals surface area contributed by atoms with E-state index in [9.17, 15) is 18.7 Å². The summed E-state index contributed by atoms with van der Waals surface area (Å²) in [6.45, 7) is -2.95. The normalized spacial score (nSPS) is 11.0. The summed E-state index contributed by atoms with van der Waals surface area (Å²) in [4.78, 5) is 12.1. The SMILES string of the molecule is COc1cccc(C=CC(=O)c2cccc(OC(F)F)c2)c1O. The fraction of sp³-hybridized carbons (Fsp3) is 0.118. The molecule has 0 saturated heterocycles. The number of methoxy groups -OCH3 is 1. The summed E-state index contributed by atoms with van der Waals surface area (Å²) in [6.07, 6.45) is 2.65. The fourth-order valence-corrected chi connectivity index (χ4v) is 1.93. The molecule has 0 aliphatic rings. The molecular formula is C17H14F2O4. The van der Waals surface area contributed by atoms with E-state index in [0.29, 0.717) is 5.56 Å². The van der Waals surface area contributed by atoms with Crippen LogP contribution in [0.3, 0.4) is 0 Å². The maximum atomic E-state index is 12.2. The van der Waals surface area contributed by atoms with Crippen molar-refractivity contribution in [2.45, 2.75) is 6.61 Å². The van der Waals surface area contributed by atoms with Crippen molar-refractivity contribution in [2.24, 2.45) is 0 Å². The molecule has 0 aromatic heterocycles. The Labute approximate surface area is 131 Å². The molecule has 0 fully saturated rings. The van der Waals surface area contributed by atoms with Gasteiger partial charge in [-0.2, -0.15) is 8.78 Å². The first-order valence-electron chi connectivity index (χ1n) is 6.64. The van der Waals surface area contributed by atoms with Crippen LogP contribution in [0.15, 0.2) is 48.5 Å². The molecule has 2 rings (SSSR count). The number of para-hydroxylation sites is 1. The Morgan fingerprint density at radius 2 is 1.96 bits per heavy atom. The number of ketones is 1. The summed E-state index contributed by atoms with van der Waals surface area (Å²) in [5, 5.41) is 9.92. The third-order valence-corrected chi connectivity index (χ3v) is 3.01. The zero-order valence-corrected chi connectivity index (χ0v) is 12.2. The van der Waals surface area contributed by atoms with Crippen molar-refractivity contribution in [3.05, 3.63) is 59.7 Å². The molecule has 0 spiro atoms. The number of alkyl halides is 2. The van der Waals surface area contributed by atoms with E-state index in [4.69, 9.17) is 4.74 Å². The van der Waals surface area contributed by atoms with Crippen molar-refractivity contribution in [3.8, 4) is 17.2 Å². The highest BCUT2D eigenvalue weighted by Crippen LogP contribution is 2.30. The molecule has 2 aromatic carbocycles. The molecule has 0 saturated carbocycles. The van der Waals surface area contributed by atoms with E-state index in [0.717, 1.165) is 0 Å². The highest BCUT2D eigenvalue weighted by molar-refractivity contribution is 6.07. The van der Waals surface area contributed by atoms with Gasteiger partial charge in [0.2, 0.25) is 0 Å². The van der Waals surface area contributed by atoms with Gasteiger partial charge in [-0.05, 0) is 30.4 Å². The van der Waals surface area contributed by atoms with Crippen molar-refractivity contribution in [3.63, 3.8) is 0 Å². The molecule has 6 heteroatoms. The molecule has 0 heterocycles. The molecule has 0 amide bonds. The minimum Gasteiger partial charge on any atom is -0.504 e. The Balaban J connectivity index is 2.19. The average Bonchev–Trinajstić information content (AvgIpc) is 2.53. The third-order valence-electron chi connectivity index (χ3n) is 3.01. The Hall–Kier alpha value is -2.89. The number of carbonyl (C=O) groups is 1. The number of aromatic hydroxyl groups is 1. The lowest BCUT2D eigenvalue weighted by molar-refractivity contribution is -0.0498. The zero-order valence-electron chi connectivity index (χ0n) is 12.2. The van der Waals surface area contributed by atoms with E-state index in [1.54, 1.807) is 18.2 Å². The highest BCUT2D eigenvalue weighted by Gasteiger charge is 2.09. The Morgan fingerprint density at radius 1 is 1.22 bits per heavy atom. The van der Waals surface area contributed by atoms with Crippen molar-refractivity contribution < 1.29 is 28.2 Å². The largest absolute Gasteiger partial charge is 0.504 e. The van der Waals surface area contributed by atoms with Gasteiger partial charge in [-0.15, -0.1) is 0 Å². The zero-order chi connectivity index (χ0) is 16.8. The molecule has 1 N–H and O–H groups in total. The molecule has 0 bridgehead atoms. The van der Waals surface area contributed by atoms with Crippen molar-refractivity contribution in [1.29, 1.82) is 0 Å². The summed E-state index contributed by atoms with van der Waals surface area (Å²) in [6, 6.07) is 10.3.